The molecule has 101 heavy (non-hydrogen) atoms. The summed E-state index contributed by atoms with van der Waals surface area (Å²) < 4.78 is 23.0. The van der Waals surface area contributed by atoms with E-state index in [1.165, 1.54) is 186 Å². The van der Waals surface area contributed by atoms with Crippen LogP contribution in [0, 0.1) is 0 Å². The maximum absolute atomic E-state index is 13.4. The molecule has 12 atom stereocenters. The summed E-state index contributed by atoms with van der Waals surface area (Å²) in [5, 5.41) is 87.9. The molecule has 0 aromatic carbocycles. The van der Waals surface area contributed by atoms with Crippen molar-refractivity contribution in [1.82, 2.24) is 5.32 Å². The summed E-state index contributed by atoms with van der Waals surface area (Å²) in [6.45, 7) is 2.78. The van der Waals surface area contributed by atoms with Gasteiger partial charge in [-0.15, -0.1) is 0 Å². The summed E-state index contributed by atoms with van der Waals surface area (Å²) in [6, 6.07) is -0.845. The number of allylic oxidation sites excluding steroid dienone is 18. The van der Waals surface area contributed by atoms with E-state index in [-0.39, 0.29) is 18.9 Å². The van der Waals surface area contributed by atoms with E-state index in [0.717, 1.165) is 122 Å². The minimum absolute atomic E-state index is 0.218. The van der Waals surface area contributed by atoms with Gasteiger partial charge >= 0.3 is 0 Å². The molecule has 2 saturated heterocycles. The molecule has 0 bridgehead atoms. The van der Waals surface area contributed by atoms with Gasteiger partial charge in [-0.1, -0.05) is 361 Å². The molecule has 1 amide bonds. The van der Waals surface area contributed by atoms with Crippen molar-refractivity contribution in [2.45, 2.75) is 415 Å². The Balaban J connectivity index is 1.62. The predicted octanol–water partition coefficient (Wildman–Crippen LogP) is 19.4. The first-order valence-electron chi connectivity index (χ1n) is 41.6. The van der Waals surface area contributed by atoms with Gasteiger partial charge in [0.1, 0.15) is 48.8 Å². The van der Waals surface area contributed by atoms with E-state index in [2.05, 4.69) is 129 Å². The van der Waals surface area contributed by atoms with E-state index in [9.17, 15) is 45.6 Å². The molecule has 0 spiro atoms. The molecule has 0 radical (unpaired) electrons. The summed E-state index contributed by atoms with van der Waals surface area (Å²) in [5.41, 5.74) is 0. The third-order valence-electron chi connectivity index (χ3n) is 19.8. The van der Waals surface area contributed by atoms with Crippen LogP contribution in [0.2, 0.25) is 0 Å². The van der Waals surface area contributed by atoms with Crippen LogP contribution in [0.5, 0.6) is 0 Å². The predicted molar refractivity (Wildman–Crippen MR) is 419 cm³/mol. The molecule has 0 saturated carbocycles. The van der Waals surface area contributed by atoms with E-state index in [1.54, 1.807) is 0 Å². The summed E-state index contributed by atoms with van der Waals surface area (Å²) in [7, 11) is 0. The normalized spacial score (nSPS) is 22.3. The molecular formula is C87H153NO13. The van der Waals surface area contributed by atoms with Crippen LogP contribution < -0.4 is 5.32 Å². The monoisotopic (exact) mass is 1420 g/mol. The number of nitrogens with one attached hydrogen (secondary N) is 1. The average Bonchev–Trinajstić information content (AvgIpc) is 0.791. The zero-order chi connectivity index (χ0) is 73.0. The van der Waals surface area contributed by atoms with Crippen LogP contribution in [0.4, 0.5) is 0 Å². The van der Waals surface area contributed by atoms with Crippen molar-refractivity contribution < 1.29 is 64.6 Å². The number of hydrogen-bond donors (Lipinski definition) is 9. The Hall–Kier alpha value is -3.35. The van der Waals surface area contributed by atoms with Crippen LogP contribution in [0.15, 0.2) is 109 Å². The van der Waals surface area contributed by atoms with Gasteiger partial charge in [0.05, 0.1) is 32.0 Å². The second kappa shape index (κ2) is 69.7. The molecule has 2 aliphatic heterocycles. The van der Waals surface area contributed by atoms with Gasteiger partial charge in [-0.3, -0.25) is 4.79 Å². The Morgan fingerprint density at radius 3 is 1.05 bits per heavy atom. The first kappa shape index (κ1) is 93.7. The lowest BCUT2D eigenvalue weighted by Gasteiger charge is -2.46. The van der Waals surface area contributed by atoms with Crippen molar-refractivity contribution in [1.29, 1.82) is 0 Å². The van der Waals surface area contributed by atoms with Crippen LogP contribution >= 0.6 is 0 Å². The largest absolute Gasteiger partial charge is 0.394 e. The van der Waals surface area contributed by atoms with Gasteiger partial charge in [-0.25, -0.2) is 0 Å². The minimum atomic E-state index is -1.79. The number of unbranched alkanes of at least 4 members (excludes halogenated alkanes) is 38. The van der Waals surface area contributed by atoms with Crippen molar-refractivity contribution in [2.24, 2.45) is 0 Å². The zero-order valence-electron chi connectivity index (χ0n) is 64.1. The number of rotatable bonds is 69. The molecule has 0 aliphatic carbocycles. The third kappa shape index (κ3) is 52.3. The summed E-state index contributed by atoms with van der Waals surface area (Å²) in [6.07, 6.45) is 84.1. The topological polar surface area (TPSA) is 228 Å². The highest BCUT2D eigenvalue weighted by atomic mass is 16.7. The molecule has 12 unspecified atom stereocenters. The van der Waals surface area contributed by atoms with E-state index >= 15 is 0 Å². The SMILES string of the molecule is CC/C=C\C/C=C\C/C=C\C/C=C\C/C=C\C/C=C\C/C=C\C/C=C\C/C=C\CCCCCCCCCC(=O)NC(COC1OC(CO)C(OC2OC(CO)C(O)C(O)C2O)C(O)C1O)C(O)CCCCCCCCCCCCCCCCCCCCCCCCCCCCCCCCCC. The number of ether oxygens (including phenoxy) is 4. The van der Waals surface area contributed by atoms with Crippen LogP contribution in [0.3, 0.4) is 0 Å². The van der Waals surface area contributed by atoms with Crippen molar-refractivity contribution in [3.05, 3.63) is 109 Å². The minimum Gasteiger partial charge on any atom is -0.394 e. The molecule has 0 aromatic heterocycles. The maximum Gasteiger partial charge on any atom is 0.220 e. The standard InChI is InChI=1S/C87H153NO13/c1-3-5-7-9-11-13-15-17-19-21-23-25-27-29-31-33-35-37-38-39-41-43-45-47-49-51-53-55-57-59-61-63-65-67-69-71-79(92)88-75(74-98-86-84(97)82(95)85(78(73-90)100-86)101-87-83(96)81(94)80(93)77(72-89)99-87)76(91)70-68-66-64-62-60-58-56-54-52-50-48-46-44-42-40-36-34-32-30-28-26-24-22-20-18-16-14-12-10-8-6-4-2/h5,7,11,13,17,19,23,25,29,31,35,37,39,41,45,47,51,53,75-78,80-87,89-91,93-97H,3-4,6,8-10,12,14-16,18,20-22,24,26-28,30,32-34,36,38,40,42-44,46,48-50,52,54-74H2,1-2H3,(H,88,92)/b7-5-,13-11-,19-17-,25-23-,31-29-,37-35-,41-39-,47-45-,53-51-. The molecule has 2 heterocycles. The average molecular weight is 1420 g/mol. The molecule has 0 aromatic rings. The fourth-order valence-electron chi connectivity index (χ4n) is 13.2. The second-order valence-corrected chi connectivity index (χ2v) is 28.9. The number of amides is 1. The van der Waals surface area contributed by atoms with Crippen LogP contribution in [-0.2, 0) is 23.7 Å². The fourth-order valence-corrected chi connectivity index (χ4v) is 13.2. The molecule has 2 rings (SSSR count). The number of aliphatic hydroxyl groups excluding tert-OH is 8. The summed E-state index contributed by atoms with van der Waals surface area (Å²) in [4.78, 5) is 13.4. The van der Waals surface area contributed by atoms with Crippen molar-refractivity contribution in [3.8, 4) is 0 Å². The van der Waals surface area contributed by atoms with E-state index in [4.69, 9.17) is 18.9 Å². The lowest BCUT2D eigenvalue weighted by atomic mass is 9.97. The number of hydrogen-bond acceptors (Lipinski definition) is 13. The number of carbonyl (C=O) groups excluding carboxylic acids is 1. The first-order valence-corrected chi connectivity index (χ1v) is 41.6. The van der Waals surface area contributed by atoms with Gasteiger partial charge in [0, 0.05) is 6.42 Å². The van der Waals surface area contributed by atoms with Gasteiger partial charge < -0.3 is 65.1 Å². The quantitative estimate of drug-likeness (QED) is 0.0204. The van der Waals surface area contributed by atoms with Crippen LogP contribution in [0.25, 0.3) is 0 Å². The molecular weight excluding hydrogens is 1270 g/mol. The van der Waals surface area contributed by atoms with Gasteiger partial charge in [-0.2, -0.15) is 0 Å². The summed E-state index contributed by atoms with van der Waals surface area (Å²) in [5.74, 6) is -0.218. The van der Waals surface area contributed by atoms with Gasteiger partial charge in [0.25, 0.3) is 0 Å². The Labute approximate surface area is 616 Å². The lowest BCUT2D eigenvalue weighted by molar-refractivity contribution is -0.359. The number of aliphatic hydroxyl groups is 8. The lowest BCUT2D eigenvalue weighted by Crippen LogP contribution is -2.65. The van der Waals surface area contributed by atoms with Gasteiger partial charge in [0.15, 0.2) is 12.6 Å². The van der Waals surface area contributed by atoms with Crippen LogP contribution in [0.1, 0.15) is 341 Å². The molecule has 584 valence electrons. The highest BCUT2D eigenvalue weighted by Crippen LogP contribution is 2.30. The first-order chi connectivity index (χ1) is 49.6. The van der Waals surface area contributed by atoms with Crippen LogP contribution in [-0.4, -0.2) is 140 Å². The van der Waals surface area contributed by atoms with Crippen molar-refractivity contribution >= 4 is 5.91 Å². The maximum atomic E-state index is 13.4. The zero-order valence-corrected chi connectivity index (χ0v) is 64.1. The fraction of sp³-hybridized carbons (Fsp3) is 0.782. The van der Waals surface area contributed by atoms with E-state index < -0.39 is 86.8 Å². The Kier molecular flexibility index (Phi) is 64.7. The molecule has 9 N–H and O–H groups in total. The van der Waals surface area contributed by atoms with E-state index in [1.807, 2.05) is 0 Å². The Bertz CT molecular complexity index is 2120. The third-order valence-corrected chi connectivity index (χ3v) is 19.8. The van der Waals surface area contributed by atoms with Gasteiger partial charge in [-0.05, 0) is 83.5 Å². The highest BCUT2D eigenvalue weighted by Gasteiger charge is 2.51. The Morgan fingerprint density at radius 2 is 0.683 bits per heavy atom. The smallest absolute Gasteiger partial charge is 0.220 e. The van der Waals surface area contributed by atoms with Crippen molar-refractivity contribution in [2.75, 3.05) is 19.8 Å². The molecule has 2 fully saturated rings. The van der Waals surface area contributed by atoms with E-state index in [0.29, 0.717) is 12.8 Å². The highest BCUT2D eigenvalue weighted by molar-refractivity contribution is 5.76. The molecule has 2 aliphatic rings. The second-order valence-electron chi connectivity index (χ2n) is 28.9. The summed E-state index contributed by atoms with van der Waals surface area (Å²) >= 11 is 0. The van der Waals surface area contributed by atoms with Crippen molar-refractivity contribution in [3.63, 3.8) is 0 Å². The molecule has 14 nitrogen and oxygen atoms in total. The van der Waals surface area contributed by atoms with Gasteiger partial charge in [0.2, 0.25) is 5.91 Å². The molecule has 14 heteroatoms. The Morgan fingerprint density at radius 1 is 0.366 bits per heavy atom. The number of carbonyl (C=O) groups is 1.